The molecule has 0 aliphatic heterocycles. The standard InChI is InChI=1S/C14H11ClF2N2O4/c15-7-4-8(16)12(9(17)5-7)19-14(22)13(21)18-6-10(20)11-2-1-3-23-11/h1-5,10,20H,6H2,(H,18,21)(H,19,22). The monoisotopic (exact) mass is 344 g/mol. The topological polar surface area (TPSA) is 91.6 Å². The van der Waals surface area contributed by atoms with E-state index in [9.17, 15) is 23.5 Å². The molecule has 23 heavy (non-hydrogen) atoms. The van der Waals surface area contributed by atoms with Crippen LogP contribution in [0.25, 0.3) is 0 Å². The Labute approximate surface area is 134 Å². The summed E-state index contributed by atoms with van der Waals surface area (Å²) in [7, 11) is 0. The lowest BCUT2D eigenvalue weighted by Crippen LogP contribution is -2.38. The van der Waals surface area contributed by atoms with E-state index in [1.807, 2.05) is 0 Å². The molecule has 1 unspecified atom stereocenters. The van der Waals surface area contributed by atoms with Crippen molar-refractivity contribution in [1.29, 1.82) is 0 Å². The number of hydrogen-bond acceptors (Lipinski definition) is 4. The Bertz CT molecular complexity index is 699. The number of aliphatic hydroxyl groups is 1. The van der Waals surface area contributed by atoms with Gasteiger partial charge in [0.05, 0.1) is 12.8 Å². The maximum absolute atomic E-state index is 13.5. The van der Waals surface area contributed by atoms with Gasteiger partial charge in [-0.3, -0.25) is 9.59 Å². The Balaban J connectivity index is 1.94. The average molecular weight is 345 g/mol. The van der Waals surface area contributed by atoms with Crippen molar-refractivity contribution in [2.75, 3.05) is 11.9 Å². The lowest BCUT2D eigenvalue weighted by molar-refractivity contribution is -0.136. The van der Waals surface area contributed by atoms with Gasteiger partial charge in [-0.25, -0.2) is 8.78 Å². The zero-order valence-electron chi connectivity index (χ0n) is 11.5. The Morgan fingerprint density at radius 2 is 1.91 bits per heavy atom. The number of nitrogens with one attached hydrogen (secondary N) is 2. The second-order valence-corrected chi connectivity index (χ2v) is 4.88. The van der Waals surface area contributed by atoms with Crippen molar-refractivity contribution in [3.63, 3.8) is 0 Å². The number of furan rings is 1. The smallest absolute Gasteiger partial charge is 0.313 e. The number of halogens is 3. The van der Waals surface area contributed by atoms with Gasteiger partial charge in [0.2, 0.25) is 0 Å². The van der Waals surface area contributed by atoms with E-state index >= 15 is 0 Å². The van der Waals surface area contributed by atoms with E-state index in [0.29, 0.717) is 0 Å². The average Bonchev–Trinajstić information content (AvgIpc) is 3.02. The van der Waals surface area contributed by atoms with Crippen LogP contribution in [0.4, 0.5) is 14.5 Å². The van der Waals surface area contributed by atoms with Crippen molar-refractivity contribution >= 4 is 29.1 Å². The van der Waals surface area contributed by atoms with Crippen LogP contribution in [-0.4, -0.2) is 23.5 Å². The molecule has 0 fully saturated rings. The van der Waals surface area contributed by atoms with Gasteiger partial charge in [-0.15, -0.1) is 0 Å². The van der Waals surface area contributed by atoms with Gasteiger partial charge in [-0.05, 0) is 24.3 Å². The minimum absolute atomic E-state index is 0.191. The number of rotatable bonds is 4. The summed E-state index contributed by atoms with van der Waals surface area (Å²) in [6, 6.07) is 4.60. The Morgan fingerprint density at radius 1 is 1.26 bits per heavy atom. The minimum atomic E-state index is -1.29. The fourth-order valence-corrected chi connectivity index (χ4v) is 1.87. The molecule has 2 amide bonds. The van der Waals surface area contributed by atoms with Gasteiger partial charge in [0.25, 0.3) is 0 Å². The maximum Gasteiger partial charge on any atom is 0.313 e. The SMILES string of the molecule is O=C(NCC(O)c1ccco1)C(=O)Nc1c(F)cc(Cl)cc1F. The lowest BCUT2D eigenvalue weighted by Gasteiger charge is -2.10. The van der Waals surface area contributed by atoms with Crippen molar-refractivity contribution in [3.8, 4) is 0 Å². The maximum atomic E-state index is 13.5. The van der Waals surface area contributed by atoms with Crippen LogP contribution in [0.1, 0.15) is 11.9 Å². The van der Waals surface area contributed by atoms with Crippen LogP contribution in [0.3, 0.4) is 0 Å². The molecule has 2 rings (SSSR count). The second kappa shape index (κ2) is 7.21. The first-order chi connectivity index (χ1) is 10.9. The van der Waals surface area contributed by atoms with Gasteiger partial charge in [0.1, 0.15) is 17.6 Å². The molecule has 1 heterocycles. The molecule has 9 heteroatoms. The molecule has 2 aromatic rings. The van der Waals surface area contributed by atoms with Crippen molar-refractivity contribution in [1.82, 2.24) is 5.32 Å². The van der Waals surface area contributed by atoms with E-state index in [0.717, 1.165) is 12.1 Å². The molecule has 0 saturated heterocycles. The van der Waals surface area contributed by atoms with Gasteiger partial charge in [0.15, 0.2) is 11.6 Å². The second-order valence-electron chi connectivity index (χ2n) is 4.44. The Kier molecular flexibility index (Phi) is 5.30. The van der Waals surface area contributed by atoms with Crippen LogP contribution in [0, 0.1) is 11.6 Å². The summed E-state index contributed by atoms with van der Waals surface area (Å²) in [6.45, 7) is -0.314. The van der Waals surface area contributed by atoms with Gasteiger partial charge >= 0.3 is 11.8 Å². The van der Waals surface area contributed by atoms with Crippen LogP contribution < -0.4 is 10.6 Å². The summed E-state index contributed by atoms with van der Waals surface area (Å²) in [4.78, 5) is 23.2. The van der Waals surface area contributed by atoms with Crippen molar-refractivity contribution in [3.05, 3.63) is 52.9 Å². The highest BCUT2D eigenvalue weighted by Gasteiger charge is 2.20. The molecular weight excluding hydrogens is 334 g/mol. The number of benzene rings is 1. The third kappa shape index (κ3) is 4.27. The molecule has 3 N–H and O–H groups in total. The van der Waals surface area contributed by atoms with Gasteiger partial charge < -0.3 is 20.2 Å². The summed E-state index contributed by atoms with van der Waals surface area (Å²) < 4.78 is 31.9. The van der Waals surface area contributed by atoms with E-state index in [1.165, 1.54) is 12.3 Å². The predicted octanol–water partition coefficient (Wildman–Crippen LogP) is 2.00. The molecule has 0 radical (unpaired) electrons. The van der Waals surface area contributed by atoms with Crippen LogP contribution in [0.5, 0.6) is 0 Å². The van der Waals surface area contributed by atoms with Crippen LogP contribution in [0.2, 0.25) is 5.02 Å². The van der Waals surface area contributed by atoms with Gasteiger partial charge in [0, 0.05) is 5.02 Å². The summed E-state index contributed by atoms with van der Waals surface area (Å²) in [5.41, 5.74) is -0.791. The number of hydrogen-bond donors (Lipinski definition) is 3. The van der Waals surface area contributed by atoms with Gasteiger partial charge in [-0.1, -0.05) is 11.6 Å². The highest BCUT2D eigenvalue weighted by Crippen LogP contribution is 2.23. The molecule has 0 saturated carbocycles. The Morgan fingerprint density at radius 3 is 2.48 bits per heavy atom. The van der Waals surface area contributed by atoms with Gasteiger partial charge in [-0.2, -0.15) is 0 Å². The number of carbonyl (C=O) groups excluding carboxylic acids is 2. The minimum Gasteiger partial charge on any atom is -0.467 e. The molecule has 1 aromatic carbocycles. The summed E-state index contributed by atoms with van der Waals surface area (Å²) in [6.07, 6.45) is 0.171. The first kappa shape index (κ1) is 16.9. The predicted molar refractivity (Wildman–Crippen MR) is 76.7 cm³/mol. The summed E-state index contributed by atoms with van der Waals surface area (Å²) >= 11 is 5.45. The molecule has 0 aliphatic rings. The fraction of sp³-hybridized carbons (Fsp3) is 0.143. The van der Waals surface area contributed by atoms with Crippen molar-refractivity contribution < 1.29 is 27.9 Å². The normalized spacial score (nSPS) is 11.8. The third-order valence-corrected chi connectivity index (χ3v) is 3.00. The van der Waals surface area contributed by atoms with E-state index < -0.39 is 35.2 Å². The van der Waals surface area contributed by atoms with Crippen LogP contribution in [-0.2, 0) is 9.59 Å². The van der Waals surface area contributed by atoms with E-state index in [1.54, 1.807) is 11.4 Å². The molecule has 0 spiro atoms. The molecule has 0 bridgehead atoms. The highest BCUT2D eigenvalue weighted by atomic mass is 35.5. The van der Waals surface area contributed by atoms with Crippen LogP contribution in [0.15, 0.2) is 34.9 Å². The molecule has 6 nitrogen and oxygen atoms in total. The third-order valence-electron chi connectivity index (χ3n) is 2.78. The molecule has 0 aliphatic carbocycles. The first-order valence-electron chi connectivity index (χ1n) is 6.33. The fourth-order valence-electron chi connectivity index (χ4n) is 1.68. The van der Waals surface area contributed by atoms with Crippen molar-refractivity contribution in [2.24, 2.45) is 0 Å². The number of anilines is 1. The molecule has 122 valence electrons. The zero-order valence-corrected chi connectivity index (χ0v) is 12.2. The largest absolute Gasteiger partial charge is 0.467 e. The lowest BCUT2D eigenvalue weighted by atomic mass is 10.2. The number of aliphatic hydroxyl groups excluding tert-OH is 1. The highest BCUT2D eigenvalue weighted by molar-refractivity contribution is 6.39. The van der Waals surface area contributed by atoms with E-state index in [-0.39, 0.29) is 17.3 Å². The molecule has 1 atom stereocenters. The summed E-state index contributed by atoms with van der Waals surface area (Å²) in [5.74, 6) is -4.51. The van der Waals surface area contributed by atoms with E-state index in [4.69, 9.17) is 16.0 Å². The molecule has 1 aromatic heterocycles. The number of carbonyl (C=O) groups is 2. The van der Waals surface area contributed by atoms with Crippen LogP contribution >= 0.6 is 11.6 Å². The summed E-state index contributed by atoms with van der Waals surface area (Å²) in [5, 5.41) is 13.4. The Hall–Kier alpha value is -2.45. The van der Waals surface area contributed by atoms with E-state index in [2.05, 4.69) is 5.32 Å². The molecular formula is C14H11ClF2N2O4. The zero-order chi connectivity index (χ0) is 17.0. The number of amides is 2. The quantitative estimate of drug-likeness (QED) is 0.740. The first-order valence-corrected chi connectivity index (χ1v) is 6.71. The van der Waals surface area contributed by atoms with Crippen molar-refractivity contribution in [2.45, 2.75) is 6.10 Å².